The first-order valence-electron chi connectivity index (χ1n) is 12.6. The predicted molar refractivity (Wildman–Crippen MR) is 139 cm³/mol. The van der Waals surface area contributed by atoms with Crippen molar-refractivity contribution >= 4 is 11.0 Å². The molecule has 10 nitrogen and oxygen atoms in total. The van der Waals surface area contributed by atoms with E-state index in [4.69, 9.17) is 14.5 Å². The number of hydrogen-bond acceptors (Lipinski definition) is 8. The molecule has 1 aliphatic carbocycles. The second-order valence-corrected chi connectivity index (χ2v) is 9.66. The Hall–Kier alpha value is -4.55. The largest absolute Gasteiger partial charge is 0.480 e. The summed E-state index contributed by atoms with van der Waals surface area (Å²) < 4.78 is 53.6. The molecular weight excluding hydrogens is 525 g/mol. The minimum absolute atomic E-state index is 0.223. The number of benzene rings is 1. The van der Waals surface area contributed by atoms with Crippen LogP contribution in [0, 0.1) is 0 Å². The molecule has 0 aliphatic heterocycles. The van der Waals surface area contributed by atoms with Crippen molar-refractivity contribution < 1.29 is 22.6 Å². The number of hydrogen-bond donors (Lipinski definition) is 0. The van der Waals surface area contributed by atoms with Crippen molar-refractivity contribution in [2.45, 2.75) is 37.9 Å². The van der Waals surface area contributed by atoms with Crippen molar-refractivity contribution in [2.24, 2.45) is 7.05 Å². The minimum atomic E-state index is -4.51. The van der Waals surface area contributed by atoms with Gasteiger partial charge in [0.25, 0.3) is 0 Å². The van der Waals surface area contributed by atoms with Gasteiger partial charge in [0.1, 0.15) is 23.1 Å². The van der Waals surface area contributed by atoms with Gasteiger partial charge >= 0.3 is 6.18 Å². The molecule has 4 aromatic heterocycles. The van der Waals surface area contributed by atoms with Crippen LogP contribution in [0.15, 0.2) is 43.0 Å². The van der Waals surface area contributed by atoms with Gasteiger partial charge in [0.15, 0.2) is 17.2 Å². The minimum Gasteiger partial charge on any atom is -0.480 e. The van der Waals surface area contributed by atoms with Crippen LogP contribution >= 0.6 is 0 Å². The number of alkyl halides is 3. The van der Waals surface area contributed by atoms with Crippen molar-refractivity contribution in [1.29, 1.82) is 0 Å². The molecule has 4 heterocycles. The normalized spacial score (nSPS) is 14.5. The molecule has 0 unspecified atom stereocenters. The van der Waals surface area contributed by atoms with Gasteiger partial charge in [0.2, 0.25) is 11.8 Å². The van der Waals surface area contributed by atoms with Crippen LogP contribution < -0.4 is 9.47 Å². The van der Waals surface area contributed by atoms with Gasteiger partial charge in [0, 0.05) is 30.9 Å². The molecule has 206 valence electrons. The van der Waals surface area contributed by atoms with E-state index < -0.39 is 11.9 Å². The summed E-state index contributed by atoms with van der Waals surface area (Å²) in [7, 11) is 4.62. The zero-order valence-corrected chi connectivity index (χ0v) is 22.1. The summed E-state index contributed by atoms with van der Waals surface area (Å²) in [5, 5.41) is 5.28. The number of imidazole rings is 1. The zero-order chi connectivity index (χ0) is 28.2. The molecule has 6 rings (SSSR count). The molecule has 5 aromatic rings. The Bertz CT molecular complexity index is 1710. The average molecular weight is 551 g/mol. The van der Waals surface area contributed by atoms with E-state index in [0.717, 1.165) is 30.3 Å². The van der Waals surface area contributed by atoms with E-state index in [1.54, 1.807) is 30.1 Å². The van der Waals surface area contributed by atoms with E-state index in [-0.39, 0.29) is 11.9 Å². The molecule has 1 aliphatic rings. The van der Waals surface area contributed by atoms with Crippen molar-refractivity contribution in [3.63, 3.8) is 0 Å². The second kappa shape index (κ2) is 9.57. The summed E-state index contributed by atoms with van der Waals surface area (Å²) in [5.74, 6) is 1.74. The van der Waals surface area contributed by atoms with Crippen LogP contribution in [0.3, 0.4) is 0 Å². The maximum atomic E-state index is 13.1. The second-order valence-electron chi connectivity index (χ2n) is 9.66. The summed E-state index contributed by atoms with van der Waals surface area (Å²) in [5.41, 5.74) is 2.55. The topological polar surface area (TPSA) is 106 Å². The van der Waals surface area contributed by atoms with Gasteiger partial charge in [-0.05, 0) is 25.3 Å². The maximum absolute atomic E-state index is 13.1. The smallest absolute Gasteiger partial charge is 0.434 e. The lowest BCUT2D eigenvalue weighted by Gasteiger charge is -2.15. The zero-order valence-electron chi connectivity index (χ0n) is 22.1. The SMILES string of the molecule is COc1ncnc(C2CC2)c1-c1ncc2c(OC)nn([C@H](C)c3ccc(-c4nc(C(F)(F)F)cn4C)cc3)c2n1. The van der Waals surface area contributed by atoms with Crippen LogP contribution in [-0.2, 0) is 13.2 Å². The molecule has 1 saturated carbocycles. The number of ether oxygens (including phenoxy) is 2. The molecule has 0 saturated heterocycles. The van der Waals surface area contributed by atoms with Gasteiger partial charge < -0.3 is 14.0 Å². The van der Waals surface area contributed by atoms with Gasteiger partial charge in [-0.3, -0.25) is 0 Å². The Morgan fingerprint density at radius 2 is 1.70 bits per heavy atom. The monoisotopic (exact) mass is 550 g/mol. The molecular formula is C27H25F3N8O2. The Morgan fingerprint density at radius 3 is 2.33 bits per heavy atom. The highest BCUT2D eigenvalue weighted by Crippen LogP contribution is 2.45. The van der Waals surface area contributed by atoms with E-state index in [2.05, 4.69) is 25.0 Å². The third kappa shape index (κ3) is 4.40. The van der Waals surface area contributed by atoms with Crippen molar-refractivity contribution in [1.82, 2.24) is 39.3 Å². The van der Waals surface area contributed by atoms with Crippen LogP contribution in [0.2, 0.25) is 0 Å². The Balaban J connectivity index is 1.39. The molecule has 0 spiro atoms. The number of fused-ring (bicyclic) bond motifs is 1. The van der Waals surface area contributed by atoms with E-state index in [1.165, 1.54) is 25.1 Å². The molecule has 0 amide bonds. The van der Waals surface area contributed by atoms with E-state index in [1.807, 2.05) is 19.1 Å². The number of nitrogens with zero attached hydrogens (tertiary/aromatic N) is 8. The highest BCUT2D eigenvalue weighted by Gasteiger charge is 2.35. The first-order chi connectivity index (χ1) is 19.2. The van der Waals surface area contributed by atoms with E-state index in [0.29, 0.717) is 45.7 Å². The molecule has 0 N–H and O–H groups in total. The summed E-state index contributed by atoms with van der Waals surface area (Å²) >= 11 is 0. The van der Waals surface area contributed by atoms with Gasteiger partial charge in [-0.15, -0.1) is 5.10 Å². The lowest BCUT2D eigenvalue weighted by molar-refractivity contribution is -0.140. The Kier molecular flexibility index (Phi) is 6.15. The standard InChI is InChI=1S/C27H25F3N8O2/c1-14(15-5-9-17(10-6-15)23-34-19(12-37(23)2)27(28,29)30)38-24-18(25(36-38)39-3)11-31-22(35-24)20-21(16-7-8-16)32-13-33-26(20)40-4/h5-6,9-14,16H,7-8H2,1-4H3/t14-/m1/s1. The highest BCUT2D eigenvalue weighted by atomic mass is 19.4. The molecule has 0 radical (unpaired) electrons. The van der Waals surface area contributed by atoms with Gasteiger partial charge in [-0.2, -0.15) is 13.2 Å². The van der Waals surface area contributed by atoms with Crippen LogP contribution in [-0.4, -0.2) is 53.5 Å². The Morgan fingerprint density at radius 1 is 0.975 bits per heavy atom. The fourth-order valence-corrected chi connectivity index (χ4v) is 4.78. The van der Waals surface area contributed by atoms with Gasteiger partial charge in [-0.25, -0.2) is 29.6 Å². The van der Waals surface area contributed by atoms with Crippen LogP contribution in [0.25, 0.3) is 33.8 Å². The summed E-state index contributed by atoms with van der Waals surface area (Å²) in [6.45, 7) is 1.95. The quantitative estimate of drug-likeness (QED) is 0.272. The Labute approximate surface area is 226 Å². The van der Waals surface area contributed by atoms with E-state index >= 15 is 0 Å². The molecule has 0 bridgehead atoms. The third-order valence-electron chi connectivity index (χ3n) is 7.02. The number of halogens is 3. The summed E-state index contributed by atoms with van der Waals surface area (Å²) in [6, 6.07) is 6.86. The first-order valence-corrected chi connectivity index (χ1v) is 12.6. The summed E-state index contributed by atoms with van der Waals surface area (Å²) in [6.07, 6.45) is 1.68. The van der Waals surface area contributed by atoms with Crippen LogP contribution in [0.5, 0.6) is 11.8 Å². The maximum Gasteiger partial charge on any atom is 0.434 e. The molecule has 1 aromatic carbocycles. The number of rotatable bonds is 7. The molecule has 13 heteroatoms. The predicted octanol–water partition coefficient (Wildman–Crippen LogP) is 5.21. The first kappa shape index (κ1) is 25.7. The van der Waals surface area contributed by atoms with Gasteiger partial charge in [-0.1, -0.05) is 24.3 Å². The highest BCUT2D eigenvalue weighted by molar-refractivity contribution is 5.83. The lowest BCUT2D eigenvalue weighted by Crippen LogP contribution is -2.10. The summed E-state index contributed by atoms with van der Waals surface area (Å²) in [4.78, 5) is 22.0. The third-order valence-corrected chi connectivity index (χ3v) is 7.02. The number of aromatic nitrogens is 8. The molecule has 40 heavy (non-hydrogen) atoms. The molecule has 1 atom stereocenters. The average Bonchev–Trinajstić information content (AvgIpc) is 3.63. The fourth-order valence-electron chi connectivity index (χ4n) is 4.78. The van der Waals surface area contributed by atoms with Crippen molar-refractivity contribution in [3.05, 3.63) is 59.9 Å². The fraction of sp³-hybridized carbons (Fsp3) is 0.333. The van der Waals surface area contributed by atoms with Crippen molar-refractivity contribution in [2.75, 3.05) is 14.2 Å². The molecule has 1 fully saturated rings. The lowest BCUT2D eigenvalue weighted by atomic mass is 10.1. The van der Waals surface area contributed by atoms with E-state index in [9.17, 15) is 13.2 Å². The van der Waals surface area contributed by atoms with Crippen LogP contribution in [0.4, 0.5) is 13.2 Å². The van der Waals surface area contributed by atoms with Crippen LogP contribution in [0.1, 0.15) is 48.7 Å². The van der Waals surface area contributed by atoms with Crippen molar-refractivity contribution in [3.8, 4) is 34.5 Å². The number of methoxy groups -OCH3 is 2. The number of aryl methyl sites for hydroxylation is 1. The van der Waals surface area contributed by atoms with Gasteiger partial charge in [0.05, 0.1) is 26.0 Å².